The molecule has 0 saturated heterocycles. The summed E-state index contributed by atoms with van der Waals surface area (Å²) in [5.41, 5.74) is 6.23. The summed E-state index contributed by atoms with van der Waals surface area (Å²) >= 11 is 6.33. The van der Waals surface area contributed by atoms with E-state index >= 15 is 0 Å². The highest BCUT2D eigenvalue weighted by molar-refractivity contribution is 6.32. The lowest BCUT2D eigenvalue weighted by Crippen LogP contribution is -2.37. The molecular formula is C19H23ClN2O2. The number of halogens is 1. The first-order valence-electron chi connectivity index (χ1n) is 8.85. The topological polar surface area (TPSA) is 68.1 Å². The zero-order valence-corrected chi connectivity index (χ0v) is 14.4. The third-order valence-electron chi connectivity index (χ3n) is 5.55. The van der Waals surface area contributed by atoms with E-state index in [0.717, 1.165) is 37.0 Å². The van der Waals surface area contributed by atoms with Gasteiger partial charge in [-0.2, -0.15) is 0 Å². The van der Waals surface area contributed by atoms with Gasteiger partial charge in [-0.3, -0.25) is 4.79 Å². The molecule has 0 spiro atoms. The molecule has 3 N–H and O–H groups in total. The summed E-state index contributed by atoms with van der Waals surface area (Å²) in [7, 11) is 0. The van der Waals surface area contributed by atoms with Crippen molar-refractivity contribution in [2.24, 2.45) is 17.6 Å². The van der Waals surface area contributed by atoms with Crippen LogP contribution in [0.5, 0.6) is 5.75 Å². The van der Waals surface area contributed by atoms with E-state index in [1.54, 1.807) is 12.3 Å². The van der Waals surface area contributed by atoms with Gasteiger partial charge in [-0.05, 0) is 73.9 Å². The zero-order chi connectivity index (χ0) is 16.7. The van der Waals surface area contributed by atoms with Gasteiger partial charge in [-0.25, -0.2) is 0 Å². The maximum absolute atomic E-state index is 11.8. The summed E-state index contributed by atoms with van der Waals surface area (Å²) in [4.78, 5) is 14.5. The van der Waals surface area contributed by atoms with Gasteiger partial charge in [0, 0.05) is 17.6 Å². The molecule has 0 radical (unpaired) electrons. The second-order valence-corrected chi connectivity index (χ2v) is 7.65. The van der Waals surface area contributed by atoms with Crippen LogP contribution in [-0.2, 0) is 0 Å². The lowest BCUT2D eigenvalue weighted by Gasteiger charge is -2.32. The Morgan fingerprint density at radius 1 is 1.12 bits per heavy atom. The lowest BCUT2D eigenvalue weighted by atomic mass is 9.81. The summed E-state index contributed by atoms with van der Waals surface area (Å²) in [5, 5.41) is 1.94. The predicted molar refractivity (Wildman–Crippen MR) is 96.7 cm³/mol. The average Bonchev–Trinajstić information content (AvgIpc) is 3.42. The second-order valence-electron chi connectivity index (χ2n) is 7.25. The first-order chi connectivity index (χ1) is 11.6. The number of aromatic nitrogens is 1. The molecule has 0 amide bonds. The quantitative estimate of drug-likeness (QED) is 0.883. The van der Waals surface area contributed by atoms with Gasteiger partial charge in [0.2, 0.25) is 0 Å². The van der Waals surface area contributed by atoms with Crippen LogP contribution in [0, 0.1) is 11.8 Å². The fourth-order valence-corrected chi connectivity index (χ4v) is 4.12. The molecule has 0 bridgehead atoms. The van der Waals surface area contributed by atoms with Crippen LogP contribution < -0.4 is 16.0 Å². The molecule has 2 aliphatic carbocycles. The van der Waals surface area contributed by atoms with Gasteiger partial charge in [0.25, 0.3) is 5.56 Å². The predicted octanol–water partition coefficient (Wildman–Crippen LogP) is 3.86. The van der Waals surface area contributed by atoms with Crippen LogP contribution in [-0.4, -0.2) is 17.1 Å². The first-order valence-corrected chi connectivity index (χ1v) is 9.23. The van der Waals surface area contributed by atoms with Gasteiger partial charge >= 0.3 is 0 Å². The van der Waals surface area contributed by atoms with E-state index in [-0.39, 0.29) is 11.7 Å². The summed E-state index contributed by atoms with van der Waals surface area (Å²) < 4.78 is 6.15. The lowest BCUT2D eigenvalue weighted by molar-refractivity contribution is 0.120. The van der Waals surface area contributed by atoms with Gasteiger partial charge in [-0.1, -0.05) is 11.6 Å². The Labute approximate surface area is 146 Å². The minimum atomic E-state index is -0.129. The molecule has 1 aromatic heterocycles. The van der Waals surface area contributed by atoms with Crippen molar-refractivity contribution in [2.45, 2.75) is 50.7 Å². The highest BCUT2D eigenvalue weighted by Crippen LogP contribution is 2.40. The molecule has 128 valence electrons. The molecule has 1 aromatic carbocycles. The molecule has 4 rings (SSSR count). The van der Waals surface area contributed by atoms with Crippen LogP contribution in [0.3, 0.4) is 0 Å². The van der Waals surface area contributed by atoms with Crippen molar-refractivity contribution in [3.63, 3.8) is 0 Å². The Kier molecular flexibility index (Phi) is 4.27. The average molecular weight is 347 g/mol. The molecule has 1 atom stereocenters. The fraction of sp³-hybridized carbons (Fsp3) is 0.526. The number of hydrogen-bond acceptors (Lipinski definition) is 3. The number of nitrogens with one attached hydrogen (secondary N) is 1. The van der Waals surface area contributed by atoms with Crippen LogP contribution >= 0.6 is 11.6 Å². The van der Waals surface area contributed by atoms with Crippen molar-refractivity contribution < 1.29 is 4.74 Å². The highest BCUT2D eigenvalue weighted by atomic mass is 35.5. The Morgan fingerprint density at radius 2 is 1.79 bits per heavy atom. The van der Waals surface area contributed by atoms with Crippen LogP contribution in [0.2, 0.25) is 5.02 Å². The van der Waals surface area contributed by atoms with Crippen molar-refractivity contribution >= 4 is 22.4 Å². The van der Waals surface area contributed by atoms with Gasteiger partial charge in [0.15, 0.2) is 0 Å². The third kappa shape index (κ3) is 3.17. The number of H-pyrrole nitrogens is 1. The monoisotopic (exact) mass is 346 g/mol. The van der Waals surface area contributed by atoms with Crippen molar-refractivity contribution in [2.75, 3.05) is 0 Å². The Balaban J connectivity index is 1.45. The third-order valence-corrected chi connectivity index (χ3v) is 5.84. The highest BCUT2D eigenvalue weighted by Gasteiger charge is 2.36. The van der Waals surface area contributed by atoms with E-state index < -0.39 is 0 Å². The van der Waals surface area contributed by atoms with Crippen molar-refractivity contribution in [3.8, 4) is 5.75 Å². The van der Waals surface area contributed by atoms with E-state index in [1.807, 2.05) is 12.1 Å². The molecule has 4 nitrogen and oxygen atoms in total. The maximum atomic E-state index is 11.8. The number of ether oxygens (including phenoxy) is 1. The largest absolute Gasteiger partial charge is 0.489 e. The van der Waals surface area contributed by atoms with E-state index in [0.29, 0.717) is 28.1 Å². The van der Waals surface area contributed by atoms with Crippen LogP contribution in [0.15, 0.2) is 29.2 Å². The van der Waals surface area contributed by atoms with Crippen LogP contribution in [0.4, 0.5) is 0 Å². The standard InChI is InChI=1S/C19H23ClN2O2/c20-16-10-15-13(7-8-22-19(15)23)9-17(16)24-14-5-3-12(4-6-14)18(21)11-1-2-11/h7-12,14,18H,1-6,21H2,(H,22,23). The van der Waals surface area contributed by atoms with Crippen LogP contribution in [0.25, 0.3) is 10.8 Å². The smallest absolute Gasteiger partial charge is 0.255 e. The molecule has 2 aromatic rings. The summed E-state index contributed by atoms with van der Waals surface area (Å²) in [6.07, 6.45) is 8.76. The number of nitrogens with two attached hydrogens (primary N) is 1. The number of hydrogen-bond donors (Lipinski definition) is 2. The summed E-state index contributed by atoms with van der Waals surface area (Å²) in [6.45, 7) is 0. The number of pyridine rings is 1. The van der Waals surface area contributed by atoms with Crippen LogP contribution in [0.1, 0.15) is 38.5 Å². The fourth-order valence-electron chi connectivity index (χ4n) is 3.92. The van der Waals surface area contributed by atoms with Gasteiger partial charge in [0.1, 0.15) is 5.75 Å². The Hall–Kier alpha value is -1.52. The SMILES string of the molecule is NC(C1CCC(Oc2cc3cc[nH]c(=O)c3cc2Cl)CC1)C1CC1. The van der Waals surface area contributed by atoms with E-state index in [2.05, 4.69) is 4.98 Å². The Morgan fingerprint density at radius 3 is 2.46 bits per heavy atom. The van der Waals surface area contributed by atoms with Crippen molar-refractivity contribution in [1.82, 2.24) is 4.98 Å². The molecule has 2 saturated carbocycles. The normalized spacial score (nSPS) is 25.6. The zero-order valence-electron chi connectivity index (χ0n) is 13.6. The van der Waals surface area contributed by atoms with Gasteiger partial charge in [0.05, 0.1) is 11.1 Å². The second kappa shape index (κ2) is 6.41. The van der Waals surface area contributed by atoms with E-state index in [9.17, 15) is 4.79 Å². The van der Waals surface area contributed by atoms with E-state index in [4.69, 9.17) is 22.1 Å². The van der Waals surface area contributed by atoms with Gasteiger partial charge in [-0.15, -0.1) is 0 Å². The molecule has 2 fully saturated rings. The minimum Gasteiger partial charge on any atom is -0.489 e. The molecule has 1 heterocycles. The molecular weight excluding hydrogens is 324 g/mol. The number of aromatic amines is 1. The maximum Gasteiger partial charge on any atom is 0.255 e. The van der Waals surface area contributed by atoms with Crippen molar-refractivity contribution in [3.05, 3.63) is 39.8 Å². The number of benzene rings is 1. The molecule has 0 aliphatic heterocycles. The molecule has 5 heteroatoms. The van der Waals surface area contributed by atoms with E-state index in [1.165, 1.54) is 12.8 Å². The summed E-state index contributed by atoms with van der Waals surface area (Å²) in [5.74, 6) is 2.08. The first kappa shape index (κ1) is 16.0. The molecule has 24 heavy (non-hydrogen) atoms. The number of rotatable bonds is 4. The minimum absolute atomic E-state index is 0.129. The van der Waals surface area contributed by atoms with Gasteiger partial charge < -0.3 is 15.5 Å². The molecule has 1 unspecified atom stereocenters. The number of fused-ring (bicyclic) bond motifs is 1. The molecule has 2 aliphatic rings. The summed E-state index contributed by atoms with van der Waals surface area (Å²) in [6, 6.07) is 5.81. The Bertz CT molecular complexity index is 792. The van der Waals surface area contributed by atoms with Crippen molar-refractivity contribution in [1.29, 1.82) is 0 Å².